The third-order valence-electron chi connectivity index (χ3n) is 3.52. The first-order chi connectivity index (χ1) is 11.6. The Morgan fingerprint density at radius 3 is 2.50 bits per heavy atom. The lowest BCUT2D eigenvalue weighted by molar-refractivity contribution is -0.127. The number of carbonyl (C=O) groups excluding carboxylic acids is 1. The van der Waals surface area contributed by atoms with E-state index >= 15 is 0 Å². The van der Waals surface area contributed by atoms with Crippen LogP contribution in [0, 0.1) is 0 Å². The Labute approximate surface area is 147 Å². The van der Waals surface area contributed by atoms with Crippen LogP contribution in [0.5, 0.6) is 11.5 Å². The normalized spacial score (nSPS) is 11.6. The second-order valence-corrected chi connectivity index (χ2v) is 5.70. The topological polar surface area (TPSA) is 47.6 Å². The van der Waals surface area contributed by atoms with Crippen LogP contribution in [-0.2, 0) is 11.2 Å². The van der Waals surface area contributed by atoms with Crippen molar-refractivity contribution in [1.82, 2.24) is 5.32 Å². The number of carbonyl (C=O) groups is 1. The molecular formula is C19H22ClNO3. The van der Waals surface area contributed by atoms with Crippen molar-refractivity contribution in [2.24, 2.45) is 0 Å². The van der Waals surface area contributed by atoms with E-state index in [0.29, 0.717) is 23.9 Å². The van der Waals surface area contributed by atoms with Crippen LogP contribution < -0.4 is 14.8 Å². The zero-order chi connectivity index (χ0) is 17.4. The number of amides is 1. The molecule has 0 saturated heterocycles. The summed E-state index contributed by atoms with van der Waals surface area (Å²) in [5.74, 6) is 1.17. The minimum absolute atomic E-state index is 0.177. The molecule has 0 aliphatic carbocycles. The molecule has 0 heterocycles. The fourth-order valence-corrected chi connectivity index (χ4v) is 2.39. The van der Waals surface area contributed by atoms with Crippen molar-refractivity contribution in [2.75, 3.05) is 13.2 Å². The van der Waals surface area contributed by atoms with Gasteiger partial charge < -0.3 is 14.8 Å². The van der Waals surface area contributed by atoms with Gasteiger partial charge in [-0.15, -0.1) is 0 Å². The molecule has 1 N–H and O–H groups in total. The van der Waals surface area contributed by atoms with Crippen molar-refractivity contribution < 1.29 is 14.3 Å². The van der Waals surface area contributed by atoms with Crippen LogP contribution in [0.15, 0.2) is 48.5 Å². The summed E-state index contributed by atoms with van der Waals surface area (Å²) >= 11 is 6.00. The van der Waals surface area contributed by atoms with E-state index in [1.165, 1.54) is 0 Å². The second-order valence-electron chi connectivity index (χ2n) is 5.29. The van der Waals surface area contributed by atoms with E-state index in [0.717, 1.165) is 17.7 Å². The van der Waals surface area contributed by atoms with Crippen molar-refractivity contribution >= 4 is 17.5 Å². The van der Waals surface area contributed by atoms with Crippen molar-refractivity contribution in [1.29, 1.82) is 0 Å². The Hall–Kier alpha value is -2.20. The maximum absolute atomic E-state index is 12.1. The maximum Gasteiger partial charge on any atom is 0.260 e. The lowest BCUT2D eigenvalue weighted by Crippen LogP contribution is -2.38. The van der Waals surface area contributed by atoms with Crippen molar-refractivity contribution in [2.45, 2.75) is 26.4 Å². The quantitative estimate of drug-likeness (QED) is 0.737. The second kappa shape index (κ2) is 9.18. The Morgan fingerprint density at radius 2 is 1.79 bits per heavy atom. The molecule has 0 radical (unpaired) electrons. The fraction of sp³-hybridized carbons (Fsp3) is 0.316. The SMILES string of the molecule is CCc1ccccc1OC(C)C(=O)NCCOc1ccccc1Cl. The molecule has 4 nitrogen and oxygen atoms in total. The van der Waals surface area contributed by atoms with Crippen molar-refractivity contribution in [3.63, 3.8) is 0 Å². The van der Waals surface area contributed by atoms with Gasteiger partial charge in [-0.3, -0.25) is 4.79 Å². The maximum atomic E-state index is 12.1. The number of aryl methyl sites for hydroxylation is 1. The highest BCUT2D eigenvalue weighted by atomic mass is 35.5. The average molecular weight is 348 g/mol. The lowest BCUT2D eigenvalue weighted by Gasteiger charge is -2.17. The van der Waals surface area contributed by atoms with E-state index in [2.05, 4.69) is 12.2 Å². The molecule has 2 rings (SSSR count). The van der Waals surface area contributed by atoms with Gasteiger partial charge in [0.1, 0.15) is 18.1 Å². The predicted molar refractivity (Wildman–Crippen MR) is 95.9 cm³/mol. The molecule has 1 unspecified atom stereocenters. The Balaban J connectivity index is 1.77. The molecule has 5 heteroatoms. The Morgan fingerprint density at radius 1 is 1.12 bits per heavy atom. The van der Waals surface area contributed by atoms with Gasteiger partial charge in [0.15, 0.2) is 6.10 Å². The summed E-state index contributed by atoms with van der Waals surface area (Å²) in [7, 11) is 0. The van der Waals surface area contributed by atoms with E-state index in [9.17, 15) is 4.79 Å². The van der Waals surface area contributed by atoms with Crippen LogP contribution in [0.1, 0.15) is 19.4 Å². The first kappa shape index (κ1) is 18.1. The van der Waals surface area contributed by atoms with Crippen LogP contribution in [0.2, 0.25) is 5.02 Å². The van der Waals surface area contributed by atoms with E-state index in [4.69, 9.17) is 21.1 Å². The molecule has 0 aromatic heterocycles. The third kappa shape index (κ3) is 5.17. The highest BCUT2D eigenvalue weighted by Crippen LogP contribution is 2.22. The van der Waals surface area contributed by atoms with Gasteiger partial charge in [-0.25, -0.2) is 0 Å². The molecule has 1 amide bonds. The first-order valence-corrected chi connectivity index (χ1v) is 8.39. The fourth-order valence-electron chi connectivity index (χ4n) is 2.20. The largest absolute Gasteiger partial charge is 0.490 e. The van der Waals surface area contributed by atoms with E-state index in [1.54, 1.807) is 19.1 Å². The molecule has 24 heavy (non-hydrogen) atoms. The number of rotatable bonds is 8. The predicted octanol–water partition coefficient (Wildman–Crippen LogP) is 3.86. The van der Waals surface area contributed by atoms with Crippen LogP contribution in [0.4, 0.5) is 0 Å². The molecule has 0 aliphatic heterocycles. The van der Waals surface area contributed by atoms with Crippen LogP contribution >= 0.6 is 11.6 Å². The molecule has 1 atom stereocenters. The monoisotopic (exact) mass is 347 g/mol. The average Bonchev–Trinajstić information content (AvgIpc) is 2.60. The number of benzene rings is 2. The van der Waals surface area contributed by atoms with Gasteiger partial charge in [0.05, 0.1) is 11.6 Å². The van der Waals surface area contributed by atoms with Gasteiger partial charge in [0.2, 0.25) is 0 Å². The number of halogens is 1. The van der Waals surface area contributed by atoms with E-state index in [1.807, 2.05) is 36.4 Å². The van der Waals surface area contributed by atoms with Gasteiger partial charge in [-0.1, -0.05) is 48.9 Å². The summed E-state index contributed by atoms with van der Waals surface area (Å²) in [6.45, 7) is 4.51. The molecule has 0 fully saturated rings. The molecule has 0 aliphatic rings. The Bertz CT molecular complexity index is 675. The number of ether oxygens (including phenoxy) is 2. The van der Waals surface area contributed by atoms with Gasteiger partial charge in [-0.05, 0) is 37.1 Å². The first-order valence-electron chi connectivity index (χ1n) is 8.01. The van der Waals surface area contributed by atoms with Gasteiger partial charge >= 0.3 is 0 Å². The van der Waals surface area contributed by atoms with E-state index in [-0.39, 0.29) is 5.91 Å². The molecular weight excluding hydrogens is 326 g/mol. The van der Waals surface area contributed by atoms with Crippen molar-refractivity contribution in [3.05, 3.63) is 59.1 Å². The van der Waals surface area contributed by atoms with Gasteiger partial charge in [0, 0.05) is 0 Å². The molecule has 2 aromatic carbocycles. The molecule has 0 spiro atoms. The molecule has 0 bridgehead atoms. The number of nitrogens with one attached hydrogen (secondary N) is 1. The van der Waals surface area contributed by atoms with Crippen LogP contribution in [-0.4, -0.2) is 25.2 Å². The minimum Gasteiger partial charge on any atom is -0.490 e. The number of para-hydroxylation sites is 2. The standard InChI is InChI=1S/C19H22ClNO3/c1-3-15-8-4-6-10-17(15)24-14(2)19(22)21-12-13-23-18-11-7-5-9-16(18)20/h4-11,14H,3,12-13H2,1-2H3,(H,21,22). The highest BCUT2D eigenvalue weighted by molar-refractivity contribution is 6.32. The van der Waals surface area contributed by atoms with Gasteiger partial charge in [-0.2, -0.15) is 0 Å². The zero-order valence-electron chi connectivity index (χ0n) is 13.9. The number of hydrogen-bond donors (Lipinski definition) is 1. The van der Waals surface area contributed by atoms with Crippen molar-refractivity contribution in [3.8, 4) is 11.5 Å². The summed E-state index contributed by atoms with van der Waals surface area (Å²) in [5, 5.41) is 3.35. The number of hydrogen-bond acceptors (Lipinski definition) is 3. The molecule has 0 saturated carbocycles. The van der Waals surface area contributed by atoms with E-state index < -0.39 is 6.10 Å². The molecule has 128 valence electrons. The van der Waals surface area contributed by atoms with Gasteiger partial charge in [0.25, 0.3) is 5.91 Å². The van der Waals surface area contributed by atoms with Crippen LogP contribution in [0.3, 0.4) is 0 Å². The summed E-state index contributed by atoms with van der Waals surface area (Å²) in [4.78, 5) is 12.1. The Kier molecular flexibility index (Phi) is 6.94. The summed E-state index contributed by atoms with van der Waals surface area (Å²) < 4.78 is 11.3. The highest BCUT2D eigenvalue weighted by Gasteiger charge is 2.15. The summed E-state index contributed by atoms with van der Waals surface area (Å²) in [5.41, 5.74) is 1.08. The summed E-state index contributed by atoms with van der Waals surface area (Å²) in [6.07, 6.45) is 0.286. The van der Waals surface area contributed by atoms with Crippen LogP contribution in [0.25, 0.3) is 0 Å². The minimum atomic E-state index is -0.571. The zero-order valence-corrected chi connectivity index (χ0v) is 14.7. The third-order valence-corrected chi connectivity index (χ3v) is 3.83. The smallest absolute Gasteiger partial charge is 0.260 e. The molecule has 2 aromatic rings. The summed E-state index contributed by atoms with van der Waals surface area (Å²) in [6, 6.07) is 15.0. The lowest BCUT2D eigenvalue weighted by atomic mass is 10.1.